The molecule has 0 N–H and O–H groups in total. The summed E-state index contributed by atoms with van der Waals surface area (Å²) in [7, 11) is 2.06. The number of unbranched alkanes of at least 4 members (excludes halogenated alkanes) is 1. The number of hydrogen-bond donors (Lipinski definition) is 0. The van der Waals surface area contributed by atoms with E-state index in [-0.39, 0.29) is 0 Å². The minimum atomic E-state index is 0.553. The van der Waals surface area contributed by atoms with Crippen LogP contribution in [0.5, 0.6) is 0 Å². The van der Waals surface area contributed by atoms with Crippen molar-refractivity contribution in [1.29, 1.82) is 0 Å². The number of halogens is 1. The summed E-state index contributed by atoms with van der Waals surface area (Å²) in [6, 6.07) is 1.85. The number of nitrogens with zero attached hydrogens (tertiary/aromatic N) is 3. The van der Waals surface area contributed by atoms with E-state index in [1.807, 2.05) is 6.07 Å². The van der Waals surface area contributed by atoms with Crippen LogP contribution in [0.1, 0.15) is 44.3 Å². The summed E-state index contributed by atoms with van der Waals surface area (Å²) in [5.74, 6) is 2.43. The first-order valence-corrected chi connectivity index (χ1v) is 6.34. The van der Waals surface area contributed by atoms with E-state index in [1.165, 1.54) is 25.7 Å². The highest BCUT2D eigenvalue weighted by molar-refractivity contribution is 6.29. The molecule has 1 aliphatic rings. The SMILES string of the molecule is CCCCN(C)c1cc(Cl)nc(C2CC2)n1. The topological polar surface area (TPSA) is 29.0 Å². The molecule has 1 heterocycles. The molecule has 0 unspecified atom stereocenters. The average Bonchev–Trinajstić information content (AvgIpc) is 3.08. The molecule has 1 aliphatic carbocycles. The average molecular weight is 240 g/mol. The lowest BCUT2D eigenvalue weighted by Gasteiger charge is -2.18. The molecular formula is C12H18ClN3. The van der Waals surface area contributed by atoms with Gasteiger partial charge in [0.15, 0.2) is 0 Å². The predicted molar refractivity (Wildman–Crippen MR) is 67.2 cm³/mol. The van der Waals surface area contributed by atoms with Crippen molar-refractivity contribution in [2.75, 3.05) is 18.5 Å². The van der Waals surface area contributed by atoms with Gasteiger partial charge in [0.1, 0.15) is 16.8 Å². The summed E-state index contributed by atoms with van der Waals surface area (Å²) >= 11 is 6.02. The highest BCUT2D eigenvalue weighted by atomic mass is 35.5. The Kier molecular flexibility index (Phi) is 3.64. The summed E-state index contributed by atoms with van der Waals surface area (Å²) in [6.45, 7) is 3.21. The van der Waals surface area contributed by atoms with Crippen molar-refractivity contribution in [2.45, 2.75) is 38.5 Å². The van der Waals surface area contributed by atoms with Gasteiger partial charge in [-0.05, 0) is 19.3 Å². The van der Waals surface area contributed by atoms with E-state index in [1.54, 1.807) is 0 Å². The van der Waals surface area contributed by atoms with Crippen molar-refractivity contribution in [1.82, 2.24) is 9.97 Å². The van der Waals surface area contributed by atoms with Crippen molar-refractivity contribution < 1.29 is 0 Å². The fourth-order valence-electron chi connectivity index (χ4n) is 1.65. The Morgan fingerprint density at radius 3 is 2.81 bits per heavy atom. The Bertz CT molecular complexity index is 363. The van der Waals surface area contributed by atoms with Crippen molar-refractivity contribution in [3.63, 3.8) is 0 Å². The molecule has 88 valence electrons. The highest BCUT2D eigenvalue weighted by Gasteiger charge is 2.27. The molecule has 1 aromatic rings. The number of rotatable bonds is 5. The molecule has 0 aromatic carbocycles. The standard InChI is InChI=1S/C12H18ClN3/c1-3-4-7-16(2)11-8-10(13)14-12(15-11)9-5-6-9/h8-9H,3-7H2,1-2H3. The Morgan fingerprint density at radius 1 is 1.44 bits per heavy atom. The molecule has 0 amide bonds. The van der Waals surface area contributed by atoms with E-state index in [4.69, 9.17) is 11.6 Å². The highest BCUT2D eigenvalue weighted by Crippen LogP contribution is 2.39. The zero-order valence-electron chi connectivity index (χ0n) is 9.91. The zero-order valence-corrected chi connectivity index (χ0v) is 10.7. The monoisotopic (exact) mass is 239 g/mol. The predicted octanol–water partition coefficient (Wildman–Crippen LogP) is 3.24. The van der Waals surface area contributed by atoms with Gasteiger partial charge in [-0.15, -0.1) is 0 Å². The summed E-state index contributed by atoms with van der Waals surface area (Å²) in [5.41, 5.74) is 0. The molecule has 0 aliphatic heterocycles. The van der Waals surface area contributed by atoms with Crippen LogP contribution in [0.2, 0.25) is 5.15 Å². The Balaban J connectivity index is 2.12. The first-order chi connectivity index (χ1) is 7.70. The molecule has 0 radical (unpaired) electrons. The quantitative estimate of drug-likeness (QED) is 0.739. The molecule has 1 aromatic heterocycles. The molecule has 2 rings (SSSR count). The Hall–Kier alpha value is -0.830. The smallest absolute Gasteiger partial charge is 0.135 e. The largest absolute Gasteiger partial charge is 0.360 e. The molecule has 0 spiro atoms. The van der Waals surface area contributed by atoms with Gasteiger partial charge in [0.05, 0.1) is 0 Å². The van der Waals surface area contributed by atoms with Crippen molar-refractivity contribution in [3.8, 4) is 0 Å². The van der Waals surface area contributed by atoms with Crippen LogP contribution < -0.4 is 4.90 Å². The second kappa shape index (κ2) is 5.00. The molecule has 16 heavy (non-hydrogen) atoms. The van der Waals surface area contributed by atoms with E-state index in [0.717, 1.165) is 18.2 Å². The van der Waals surface area contributed by atoms with Gasteiger partial charge in [0, 0.05) is 25.6 Å². The molecule has 1 saturated carbocycles. The van der Waals surface area contributed by atoms with E-state index in [9.17, 15) is 0 Å². The minimum Gasteiger partial charge on any atom is -0.360 e. The molecule has 0 atom stereocenters. The van der Waals surface area contributed by atoms with Crippen LogP contribution in [0.15, 0.2) is 6.07 Å². The Labute approximate surface area is 102 Å². The zero-order chi connectivity index (χ0) is 11.5. The van der Waals surface area contributed by atoms with Gasteiger partial charge < -0.3 is 4.90 Å². The van der Waals surface area contributed by atoms with Gasteiger partial charge in [-0.2, -0.15) is 0 Å². The maximum atomic E-state index is 6.02. The molecule has 1 fully saturated rings. The third kappa shape index (κ3) is 2.85. The molecular weight excluding hydrogens is 222 g/mol. The van der Waals surface area contributed by atoms with Gasteiger partial charge in [0.25, 0.3) is 0 Å². The maximum absolute atomic E-state index is 6.02. The van der Waals surface area contributed by atoms with E-state index in [0.29, 0.717) is 11.1 Å². The summed E-state index contributed by atoms with van der Waals surface area (Å²) in [5, 5.41) is 0.565. The first-order valence-electron chi connectivity index (χ1n) is 5.96. The minimum absolute atomic E-state index is 0.553. The first kappa shape index (κ1) is 11.6. The van der Waals surface area contributed by atoms with E-state index >= 15 is 0 Å². The van der Waals surface area contributed by atoms with Crippen LogP contribution in [0.3, 0.4) is 0 Å². The lowest BCUT2D eigenvalue weighted by Crippen LogP contribution is -2.20. The lowest BCUT2D eigenvalue weighted by atomic mass is 10.3. The van der Waals surface area contributed by atoms with Gasteiger partial charge in [0.2, 0.25) is 0 Å². The lowest BCUT2D eigenvalue weighted by molar-refractivity contribution is 0.753. The van der Waals surface area contributed by atoms with Crippen LogP contribution in [-0.2, 0) is 0 Å². The maximum Gasteiger partial charge on any atom is 0.135 e. The molecule has 3 nitrogen and oxygen atoms in total. The van der Waals surface area contributed by atoms with Crippen LogP contribution in [0.4, 0.5) is 5.82 Å². The molecule has 0 bridgehead atoms. The van der Waals surface area contributed by atoms with Crippen molar-refractivity contribution in [2.24, 2.45) is 0 Å². The van der Waals surface area contributed by atoms with Crippen LogP contribution in [0.25, 0.3) is 0 Å². The fourth-order valence-corrected chi connectivity index (χ4v) is 1.84. The molecule has 4 heteroatoms. The summed E-state index contributed by atoms with van der Waals surface area (Å²) < 4.78 is 0. The molecule has 0 saturated heterocycles. The second-order valence-corrected chi connectivity index (χ2v) is 4.84. The van der Waals surface area contributed by atoms with Crippen LogP contribution >= 0.6 is 11.6 Å². The van der Waals surface area contributed by atoms with Crippen LogP contribution in [-0.4, -0.2) is 23.6 Å². The van der Waals surface area contributed by atoms with Crippen molar-refractivity contribution >= 4 is 17.4 Å². The third-order valence-corrected chi connectivity index (χ3v) is 3.07. The normalized spacial score (nSPS) is 15.2. The van der Waals surface area contributed by atoms with Gasteiger partial charge in [-0.3, -0.25) is 0 Å². The van der Waals surface area contributed by atoms with Crippen molar-refractivity contribution in [3.05, 3.63) is 17.0 Å². The number of hydrogen-bond acceptors (Lipinski definition) is 3. The number of aromatic nitrogens is 2. The van der Waals surface area contributed by atoms with Gasteiger partial charge in [-0.1, -0.05) is 24.9 Å². The van der Waals surface area contributed by atoms with E-state index < -0.39 is 0 Å². The fraction of sp³-hybridized carbons (Fsp3) is 0.667. The van der Waals surface area contributed by atoms with Gasteiger partial charge >= 0.3 is 0 Å². The van der Waals surface area contributed by atoms with Gasteiger partial charge in [-0.25, -0.2) is 9.97 Å². The Morgan fingerprint density at radius 2 is 2.19 bits per heavy atom. The summed E-state index contributed by atoms with van der Waals surface area (Å²) in [4.78, 5) is 11.0. The number of anilines is 1. The van der Waals surface area contributed by atoms with E-state index in [2.05, 4.69) is 28.8 Å². The summed E-state index contributed by atoms with van der Waals surface area (Å²) in [6.07, 6.45) is 4.78. The second-order valence-electron chi connectivity index (χ2n) is 4.46. The van der Waals surface area contributed by atoms with Crippen LogP contribution in [0, 0.1) is 0 Å². The third-order valence-electron chi connectivity index (χ3n) is 2.88.